The number of hydrogen-bond donors (Lipinski definition) is 1. The number of halogens is 2. The average Bonchev–Trinajstić information content (AvgIpc) is 2.95. The molecule has 0 aliphatic rings. The number of para-hydroxylation sites is 1. The van der Waals surface area contributed by atoms with E-state index in [-0.39, 0.29) is 5.95 Å². The molecule has 130 valence electrons. The van der Waals surface area contributed by atoms with Crippen LogP contribution in [0.3, 0.4) is 0 Å². The lowest BCUT2D eigenvalue weighted by molar-refractivity contribution is 0.148. The van der Waals surface area contributed by atoms with E-state index in [0.29, 0.717) is 11.5 Å². The lowest BCUT2D eigenvalue weighted by Crippen LogP contribution is -2.16. The highest BCUT2D eigenvalue weighted by molar-refractivity contribution is 7.92. The summed E-state index contributed by atoms with van der Waals surface area (Å²) in [6, 6.07) is 13.9. The molecular weight excluding hydrogens is 350 g/mol. The van der Waals surface area contributed by atoms with Crippen LogP contribution in [0.1, 0.15) is 17.8 Å². The Labute approximate surface area is 143 Å². The topological polar surface area (TPSA) is 76.9 Å². The SMILES string of the molecule is Cc1nc(NS(=O)(=O)c2ccccc2C(F)F)nn1-c1ccccc1. The van der Waals surface area contributed by atoms with Gasteiger partial charge in [0.2, 0.25) is 0 Å². The van der Waals surface area contributed by atoms with E-state index >= 15 is 0 Å². The molecule has 3 aromatic rings. The van der Waals surface area contributed by atoms with Crippen LogP contribution >= 0.6 is 0 Å². The first-order chi connectivity index (χ1) is 11.9. The molecule has 0 spiro atoms. The minimum Gasteiger partial charge on any atom is -0.246 e. The van der Waals surface area contributed by atoms with Crippen LogP contribution in [0.5, 0.6) is 0 Å². The number of benzene rings is 2. The van der Waals surface area contributed by atoms with E-state index in [2.05, 4.69) is 14.8 Å². The number of alkyl halides is 2. The van der Waals surface area contributed by atoms with Gasteiger partial charge in [-0.2, -0.15) is 4.98 Å². The molecular formula is C16H14F2N4O2S. The first-order valence-corrected chi connectivity index (χ1v) is 8.76. The Kier molecular flexibility index (Phi) is 4.49. The van der Waals surface area contributed by atoms with Crippen molar-refractivity contribution in [1.29, 1.82) is 0 Å². The van der Waals surface area contributed by atoms with E-state index in [0.717, 1.165) is 12.1 Å². The van der Waals surface area contributed by atoms with Crippen molar-refractivity contribution in [3.05, 3.63) is 66.0 Å². The number of aryl methyl sites for hydroxylation is 1. The van der Waals surface area contributed by atoms with E-state index in [9.17, 15) is 17.2 Å². The summed E-state index contributed by atoms with van der Waals surface area (Å²) in [7, 11) is -4.24. The standard InChI is InChI=1S/C16H14F2N4O2S/c1-11-19-16(20-22(11)12-7-3-2-4-8-12)21-25(23,24)14-10-6-5-9-13(14)15(17)18/h2-10,15H,1H3,(H,20,21). The number of hydrogen-bond acceptors (Lipinski definition) is 4. The average molecular weight is 364 g/mol. The van der Waals surface area contributed by atoms with Crippen LogP contribution in [0, 0.1) is 6.92 Å². The lowest BCUT2D eigenvalue weighted by Gasteiger charge is -2.09. The molecule has 0 fully saturated rings. The van der Waals surface area contributed by atoms with Gasteiger partial charge in [-0.1, -0.05) is 36.4 Å². The van der Waals surface area contributed by atoms with Crippen LogP contribution in [0.15, 0.2) is 59.5 Å². The summed E-state index contributed by atoms with van der Waals surface area (Å²) >= 11 is 0. The second-order valence-electron chi connectivity index (χ2n) is 5.17. The van der Waals surface area contributed by atoms with Gasteiger partial charge < -0.3 is 0 Å². The fourth-order valence-electron chi connectivity index (χ4n) is 2.33. The third-order valence-electron chi connectivity index (χ3n) is 3.44. The normalized spacial score (nSPS) is 11.7. The van der Waals surface area contributed by atoms with Crippen molar-refractivity contribution in [3.63, 3.8) is 0 Å². The van der Waals surface area contributed by atoms with Crippen molar-refractivity contribution < 1.29 is 17.2 Å². The van der Waals surface area contributed by atoms with Gasteiger partial charge in [0.15, 0.2) is 0 Å². The zero-order valence-corrected chi connectivity index (χ0v) is 13.9. The number of nitrogens with zero attached hydrogens (tertiary/aromatic N) is 3. The maximum atomic E-state index is 13.1. The van der Waals surface area contributed by atoms with Gasteiger partial charge >= 0.3 is 0 Å². The summed E-state index contributed by atoms with van der Waals surface area (Å²) in [5, 5.41) is 4.09. The third-order valence-corrected chi connectivity index (χ3v) is 4.84. The molecule has 0 bridgehead atoms. The van der Waals surface area contributed by atoms with Gasteiger partial charge in [0.25, 0.3) is 22.4 Å². The molecule has 9 heteroatoms. The molecule has 1 heterocycles. The first kappa shape index (κ1) is 17.0. The van der Waals surface area contributed by atoms with Gasteiger partial charge in [-0.3, -0.25) is 0 Å². The first-order valence-electron chi connectivity index (χ1n) is 7.27. The van der Waals surface area contributed by atoms with E-state index in [1.807, 2.05) is 6.07 Å². The largest absolute Gasteiger partial charge is 0.265 e. The Bertz CT molecular complexity index is 988. The maximum Gasteiger partial charge on any atom is 0.265 e. The highest BCUT2D eigenvalue weighted by Crippen LogP contribution is 2.27. The summed E-state index contributed by atoms with van der Waals surface area (Å²) in [6.07, 6.45) is -2.91. The van der Waals surface area contributed by atoms with Gasteiger partial charge in [0.1, 0.15) is 5.82 Å². The second kappa shape index (κ2) is 6.60. The van der Waals surface area contributed by atoms with Gasteiger partial charge in [0.05, 0.1) is 10.6 Å². The Morgan fingerprint density at radius 2 is 1.68 bits per heavy atom. The van der Waals surface area contributed by atoms with E-state index in [1.54, 1.807) is 31.2 Å². The summed E-state index contributed by atoms with van der Waals surface area (Å²) < 4.78 is 54.6. The number of anilines is 1. The highest BCUT2D eigenvalue weighted by Gasteiger charge is 2.24. The molecule has 0 aliphatic carbocycles. The Morgan fingerprint density at radius 3 is 2.36 bits per heavy atom. The molecule has 0 saturated carbocycles. The van der Waals surface area contributed by atoms with Crippen molar-refractivity contribution in [2.75, 3.05) is 4.72 Å². The number of aromatic nitrogens is 3. The van der Waals surface area contributed by atoms with Crippen molar-refractivity contribution >= 4 is 16.0 Å². The van der Waals surface area contributed by atoms with Crippen LogP contribution < -0.4 is 4.72 Å². The predicted molar refractivity (Wildman–Crippen MR) is 88.3 cm³/mol. The minimum absolute atomic E-state index is 0.189. The maximum absolute atomic E-state index is 13.1. The van der Waals surface area contributed by atoms with Crippen LogP contribution in [-0.2, 0) is 10.0 Å². The monoisotopic (exact) mass is 364 g/mol. The number of rotatable bonds is 5. The van der Waals surface area contributed by atoms with Crippen LogP contribution in [0.2, 0.25) is 0 Å². The second-order valence-corrected chi connectivity index (χ2v) is 6.82. The van der Waals surface area contributed by atoms with Gasteiger partial charge in [-0.05, 0) is 25.1 Å². The molecule has 0 amide bonds. The highest BCUT2D eigenvalue weighted by atomic mass is 32.2. The molecule has 6 nitrogen and oxygen atoms in total. The van der Waals surface area contributed by atoms with Crippen molar-refractivity contribution in [3.8, 4) is 5.69 Å². The fraction of sp³-hybridized carbons (Fsp3) is 0.125. The molecule has 1 N–H and O–H groups in total. The molecule has 0 radical (unpaired) electrons. The Balaban J connectivity index is 1.95. The zero-order valence-electron chi connectivity index (χ0n) is 13.1. The van der Waals surface area contributed by atoms with Crippen LogP contribution in [0.25, 0.3) is 5.69 Å². The molecule has 2 aromatic carbocycles. The molecule has 3 rings (SSSR count). The Hall–Kier alpha value is -2.81. The summed E-state index contributed by atoms with van der Waals surface area (Å²) in [5.74, 6) is 0.261. The van der Waals surface area contributed by atoms with Gasteiger partial charge in [-0.25, -0.2) is 26.6 Å². The Morgan fingerprint density at radius 1 is 1.04 bits per heavy atom. The van der Waals surface area contributed by atoms with Crippen molar-refractivity contribution in [2.24, 2.45) is 0 Å². The van der Waals surface area contributed by atoms with Crippen molar-refractivity contribution in [1.82, 2.24) is 14.8 Å². The molecule has 0 saturated heterocycles. The summed E-state index contributed by atoms with van der Waals surface area (Å²) in [4.78, 5) is 3.55. The smallest absolute Gasteiger partial charge is 0.246 e. The quantitative estimate of drug-likeness (QED) is 0.753. The number of nitrogens with one attached hydrogen (secondary N) is 1. The predicted octanol–water partition coefficient (Wildman–Crippen LogP) is 3.31. The van der Waals surface area contributed by atoms with E-state index in [4.69, 9.17) is 0 Å². The molecule has 25 heavy (non-hydrogen) atoms. The molecule has 0 unspecified atom stereocenters. The molecule has 1 aromatic heterocycles. The minimum atomic E-state index is -4.24. The fourth-order valence-corrected chi connectivity index (χ4v) is 3.49. The van der Waals surface area contributed by atoms with E-state index < -0.39 is 26.9 Å². The van der Waals surface area contributed by atoms with Gasteiger partial charge in [-0.15, -0.1) is 5.10 Å². The number of sulfonamides is 1. The molecule has 0 aliphatic heterocycles. The summed E-state index contributed by atoms with van der Waals surface area (Å²) in [6.45, 7) is 1.66. The molecule has 0 atom stereocenters. The van der Waals surface area contributed by atoms with Crippen LogP contribution in [-0.4, -0.2) is 23.2 Å². The zero-order chi connectivity index (χ0) is 18.0. The van der Waals surface area contributed by atoms with Crippen molar-refractivity contribution in [2.45, 2.75) is 18.2 Å². The third kappa shape index (κ3) is 3.50. The van der Waals surface area contributed by atoms with Crippen LogP contribution in [0.4, 0.5) is 14.7 Å². The lowest BCUT2D eigenvalue weighted by atomic mass is 10.2. The summed E-state index contributed by atoms with van der Waals surface area (Å²) in [5.41, 5.74) is 0.125. The van der Waals surface area contributed by atoms with Gasteiger partial charge in [0, 0.05) is 5.56 Å². The van der Waals surface area contributed by atoms with E-state index in [1.165, 1.54) is 16.8 Å².